The predicted molar refractivity (Wildman–Crippen MR) is 90.4 cm³/mol. The van der Waals surface area contributed by atoms with Crippen LogP contribution in [0.3, 0.4) is 0 Å². The third-order valence-corrected chi connectivity index (χ3v) is 5.49. The molecule has 21 heavy (non-hydrogen) atoms. The fourth-order valence-corrected chi connectivity index (χ4v) is 3.70. The molecule has 1 aliphatic heterocycles. The van der Waals surface area contributed by atoms with Crippen molar-refractivity contribution in [2.45, 2.75) is 51.3 Å². The number of carbonyl (C=O) groups excluding carboxylic acids is 1. The fraction of sp³-hybridized carbons (Fsp3) is 0.625. The van der Waals surface area contributed by atoms with Gasteiger partial charge in [-0.25, -0.2) is 4.98 Å². The van der Waals surface area contributed by atoms with Gasteiger partial charge in [-0.15, -0.1) is 0 Å². The largest absolute Gasteiger partial charge is 0.334 e. The lowest BCUT2D eigenvalue weighted by Crippen LogP contribution is -2.48. The fourth-order valence-electron chi connectivity index (χ4n) is 2.39. The number of nitrogens with zero attached hydrogens (tertiary/aromatic N) is 2. The zero-order valence-corrected chi connectivity index (χ0v) is 14.9. The summed E-state index contributed by atoms with van der Waals surface area (Å²) >= 11 is 8.04. The molecule has 1 aliphatic rings. The molecule has 0 aromatic carbocycles. The van der Waals surface area contributed by atoms with Gasteiger partial charge in [-0.05, 0) is 19.1 Å². The maximum absolute atomic E-state index is 12.8. The minimum Gasteiger partial charge on any atom is -0.334 e. The SMILES string of the molecule is CC1SCCN(C(=O)c2cc(Cl)nc(C(C)(C)C)c2)C1C. The minimum atomic E-state index is -0.128. The number of carbonyl (C=O) groups is 1. The van der Waals surface area contributed by atoms with E-state index < -0.39 is 0 Å². The van der Waals surface area contributed by atoms with E-state index in [4.69, 9.17) is 11.6 Å². The van der Waals surface area contributed by atoms with Crippen molar-refractivity contribution in [3.05, 3.63) is 28.5 Å². The number of amides is 1. The summed E-state index contributed by atoms with van der Waals surface area (Å²) in [6.07, 6.45) is 0. The highest BCUT2D eigenvalue weighted by Gasteiger charge is 2.30. The molecule has 0 radical (unpaired) electrons. The summed E-state index contributed by atoms with van der Waals surface area (Å²) in [6, 6.07) is 3.80. The van der Waals surface area contributed by atoms with Crippen LogP contribution in [-0.4, -0.2) is 39.4 Å². The number of halogens is 1. The maximum atomic E-state index is 12.8. The highest BCUT2D eigenvalue weighted by Crippen LogP contribution is 2.28. The van der Waals surface area contributed by atoms with Crippen LogP contribution in [0.5, 0.6) is 0 Å². The van der Waals surface area contributed by atoms with Gasteiger partial charge in [0.2, 0.25) is 0 Å². The Morgan fingerprint density at radius 3 is 2.67 bits per heavy atom. The quantitative estimate of drug-likeness (QED) is 0.731. The number of pyridine rings is 1. The van der Waals surface area contributed by atoms with Crippen LogP contribution in [0.2, 0.25) is 5.15 Å². The molecule has 1 aromatic rings. The average molecular weight is 327 g/mol. The van der Waals surface area contributed by atoms with Crippen LogP contribution in [0.1, 0.15) is 50.7 Å². The van der Waals surface area contributed by atoms with Gasteiger partial charge in [-0.2, -0.15) is 11.8 Å². The van der Waals surface area contributed by atoms with E-state index in [9.17, 15) is 4.79 Å². The second kappa shape index (κ2) is 6.17. The number of aromatic nitrogens is 1. The van der Waals surface area contributed by atoms with Crippen LogP contribution in [0.15, 0.2) is 12.1 Å². The highest BCUT2D eigenvalue weighted by atomic mass is 35.5. The summed E-state index contributed by atoms with van der Waals surface area (Å²) in [6.45, 7) is 11.3. The molecule has 1 fully saturated rings. The Bertz CT molecular complexity index is 542. The molecule has 0 spiro atoms. The summed E-state index contributed by atoms with van der Waals surface area (Å²) in [7, 11) is 0. The molecule has 3 nitrogen and oxygen atoms in total. The van der Waals surface area contributed by atoms with E-state index in [1.54, 1.807) is 6.07 Å². The van der Waals surface area contributed by atoms with E-state index in [2.05, 4.69) is 39.6 Å². The lowest BCUT2D eigenvalue weighted by atomic mass is 9.90. The standard InChI is InChI=1S/C16H23ClN2OS/c1-10-11(2)21-7-6-19(10)15(20)12-8-13(16(3,4)5)18-14(17)9-12/h8-11H,6-7H2,1-5H3. The molecular formula is C16H23ClN2OS. The van der Waals surface area contributed by atoms with Crippen molar-refractivity contribution in [2.24, 2.45) is 0 Å². The van der Waals surface area contributed by atoms with Crippen molar-refractivity contribution in [3.63, 3.8) is 0 Å². The third kappa shape index (κ3) is 3.72. The molecule has 0 aliphatic carbocycles. The van der Waals surface area contributed by atoms with Gasteiger partial charge in [-0.1, -0.05) is 39.3 Å². The average Bonchev–Trinajstić information content (AvgIpc) is 2.39. The van der Waals surface area contributed by atoms with Crippen molar-refractivity contribution in [2.75, 3.05) is 12.3 Å². The molecule has 5 heteroatoms. The summed E-state index contributed by atoms with van der Waals surface area (Å²) in [5, 5.41) is 0.847. The van der Waals surface area contributed by atoms with Gasteiger partial charge >= 0.3 is 0 Å². The highest BCUT2D eigenvalue weighted by molar-refractivity contribution is 8.00. The Labute approximate surface area is 136 Å². The first-order chi connectivity index (χ1) is 9.70. The van der Waals surface area contributed by atoms with E-state index in [0.717, 1.165) is 18.0 Å². The van der Waals surface area contributed by atoms with Gasteiger partial charge in [0.25, 0.3) is 5.91 Å². The van der Waals surface area contributed by atoms with E-state index >= 15 is 0 Å². The molecule has 0 saturated carbocycles. The van der Waals surface area contributed by atoms with Crippen LogP contribution < -0.4 is 0 Å². The Kier molecular flexibility index (Phi) is 4.89. The molecule has 1 amide bonds. The lowest BCUT2D eigenvalue weighted by Gasteiger charge is -2.37. The van der Waals surface area contributed by atoms with Gasteiger partial charge in [0.15, 0.2) is 0 Å². The van der Waals surface area contributed by atoms with Gasteiger partial charge in [0.05, 0.1) is 0 Å². The molecule has 2 atom stereocenters. The molecule has 1 saturated heterocycles. The number of hydrogen-bond donors (Lipinski definition) is 0. The van der Waals surface area contributed by atoms with E-state index in [1.807, 2.05) is 22.7 Å². The van der Waals surface area contributed by atoms with Crippen molar-refractivity contribution >= 4 is 29.3 Å². The summed E-state index contributed by atoms with van der Waals surface area (Å²) in [5.74, 6) is 1.05. The zero-order valence-electron chi connectivity index (χ0n) is 13.3. The first-order valence-electron chi connectivity index (χ1n) is 7.31. The molecule has 1 aromatic heterocycles. The Balaban J connectivity index is 2.33. The Morgan fingerprint density at radius 1 is 1.38 bits per heavy atom. The van der Waals surface area contributed by atoms with E-state index in [0.29, 0.717) is 16.0 Å². The lowest BCUT2D eigenvalue weighted by molar-refractivity contribution is 0.0698. The number of thioether (sulfide) groups is 1. The van der Waals surface area contributed by atoms with Crippen LogP contribution in [0, 0.1) is 0 Å². The molecule has 2 rings (SSSR count). The monoisotopic (exact) mass is 326 g/mol. The molecular weight excluding hydrogens is 304 g/mol. The van der Waals surface area contributed by atoms with Gasteiger partial charge < -0.3 is 4.90 Å². The van der Waals surface area contributed by atoms with Crippen LogP contribution in [-0.2, 0) is 5.41 Å². The minimum absolute atomic E-state index is 0.0597. The Morgan fingerprint density at radius 2 is 2.05 bits per heavy atom. The second-order valence-corrected chi connectivity index (χ2v) is 8.50. The summed E-state index contributed by atoms with van der Waals surface area (Å²) in [4.78, 5) is 19.1. The number of rotatable bonds is 1. The molecule has 116 valence electrons. The van der Waals surface area contributed by atoms with Gasteiger partial charge in [0.1, 0.15) is 5.15 Å². The topological polar surface area (TPSA) is 33.2 Å². The summed E-state index contributed by atoms with van der Waals surface area (Å²) < 4.78 is 0. The smallest absolute Gasteiger partial charge is 0.254 e. The van der Waals surface area contributed by atoms with Crippen LogP contribution in [0.4, 0.5) is 0 Å². The molecule has 0 bridgehead atoms. The van der Waals surface area contributed by atoms with Crippen LogP contribution in [0.25, 0.3) is 0 Å². The van der Waals surface area contributed by atoms with Gasteiger partial charge in [-0.3, -0.25) is 4.79 Å². The Hall–Kier alpha value is -0.740. The van der Waals surface area contributed by atoms with E-state index in [1.165, 1.54) is 0 Å². The molecule has 2 unspecified atom stereocenters. The zero-order chi connectivity index (χ0) is 15.8. The third-order valence-electron chi connectivity index (χ3n) is 3.95. The van der Waals surface area contributed by atoms with Crippen molar-refractivity contribution in [1.29, 1.82) is 0 Å². The van der Waals surface area contributed by atoms with Crippen molar-refractivity contribution in [3.8, 4) is 0 Å². The van der Waals surface area contributed by atoms with Crippen LogP contribution >= 0.6 is 23.4 Å². The predicted octanol–water partition coefficient (Wildman–Crippen LogP) is 4.00. The van der Waals surface area contributed by atoms with Gasteiger partial charge in [0, 0.05) is 40.3 Å². The molecule has 0 N–H and O–H groups in total. The van der Waals surface area contributed by atoms with Crippen molar-refractivity contribution in [1.82, 2.24) is 9.88 Å². The van der Waals surface area contributed by atoms with E-state index in [-0.39, 0.29) is 17.4 Å². The first kappa shape index (κ1) is 16.6. The first-order valence-corrected chi connectivity index (χ1v) is 8.73. The molecule has 2 heterocycles. The number of hydrogen-bond acceptors (Lipinski definition) is 3. The summed E-state index contributed by atoms with van der Waals surface area (Å²) in [5.41, 5.74) is 1.37. The normalized spacial score (nSPS) is 23.2. The maximum Gasteiger partial charge on any atom is 0.254 e. The van der Waals surface area contributed by atoms with Crippen molar-refractivity contribution < 1.29 is 4.79 Å². The second-order valence-electron chi connectivity index (χ2n) is 6.63.